The lowest BCUT2D eigenvalue weighted by atomic mass is 9.97. The van der Waals surface area contributed by atoms with E-state index in [2.05, 4.69) is 0 Å². The number of carboxylic acid groups (broad SMARTS) is 1. The molecule has 1 aromatic carbocycles. The number of likely N-dealkylation sites (tertiary alicyclic amines) is 1. The molecule has 0 unspecified atom stereocenters. The first-order valence-electron chi connectivity index (χ1n) is 7.32. The van der Waals surface area contributed by atoms with Gasteiger partial charge in [0, 0.05) is 13.1 Å². The van der Waals surface area contributed by atoms with Crippen molar-refractivity contribution in [1.29, 1.82) is 0 Å². The van der Waals surface area contributed by atoms with Gasteiger partial charge in [0.15, 0.2) is 0 Å². The number of benzene rings is 1. The molecule has 0 aliphatic carbocycles. The molecule has 5 nitrogen and oxygen atoms in total. The van der Waals surface area contributed by atoms with E-state index >= 15 is 0 Å². The highest BCUT2D eigenvalue weighted by atomic mass is 16.5. The summed E-state index contributed by atoms with van der Waals surface area (Å²) in [6, 6.07) is 7.45. The number of nitrogens with zero attached hydrogens (tertiary/aromatic N) is 1. The van der Waals surface area contributed by atoms with E-state index in [-0.39, 0.29) is 5.91 Å². The van der Waals surface area contributed by atoms with Crippen LogP contribution in [0.4, 0.5) is 0 Å². The minimum atomic E-state index is -0.812. The molecule has 0 bridgehead atoms. The van der Waals surface area contributed by atoms with Crippen LogP contribution in [0, 0.1) is 5.92 Å². The van der Waals surface area contributed by atoms with Gasteiger partial charge < -0.3 is 14.7 Å². The zero-order valence-corrected chi connectivity index (χ0v) is 12.2. The van der Waals surface area contributed by atoms with Crippen LogP contribution in [0.1, 0.15) is 25.3 Å². The number of hydrogen-bond acceptors (Lipinski definition) is 3. The molecule has 0 spiro atoms. The van der Waals surface area contributed by atoms with Crippen molar-refractivity contribution in [3.8, 4) is 5.75 Å². The Kier molecular flexibility index (Phi) is 5.20. The summed E-state index contributed by atoms with van der Waals surface area (Å²) < 4.78 is 5.36. The molecular weight excluding hydrogens is 270 g/mol. The fraction of sp³-hybridized carbons (Fsp3) is 0.500. The van der Waals surface area contributed by atoms with Crippen LogP contribution in [0.3, 0.4) is 0 Å². The summed E-state index contributed by atoms with van der Waals surface area (Å²) in [7, 11) is 0. The monoisotopic (exact) mass is 291 g/mol. The van der Waals surface area contributed by atoms with E-state index < -0.39 is 11.9 Å². The third kappa shape index (κ3) is 4.21. The third-order valence-corrected chi connectivity index (χ3v) is 3.71. The molecule has 1 aromatic rings. The van der Waals surface area contributed by atoms with Gasteiger partial charge in [0.1, 0.15) is 5.75 Å². The smallest absolute Gasteiger partial charge is 0.308 e. The van der Waals surface area contributed by atoms with Crippen LogP contribution in [0.15, 0.2) is 24.3 Å². The molecule has 114 valence electrons. The predicted octanol–water partition coefficient (Wildman–Crippen LogP) is 1.95. The lowest BCUT2D eigenvalue weighted by Crippen LogP contribution is -2.42. The quantitative estimate of drug-likeness (QED) is 0.900. The van der Waals surface area contributed by atoms with Gasteiger partial charge in [-0.15, -0.1) is 0 Å². The summed E-state index contributed by atoms with van der Waals surface area (Å²) in [4.78, 5) is 24.9. The van der Waals surface area contributed by atoms with Gasteiger partial charge in [0.05, 0.1) is 18.9 Å². The number of carboxylic acids is 1. The second-order valence-electron chi connectivity index (χ2n) is 5.27. The van der Waals surface area contributed by atoms with Crippen molar-refractivity contribution in [1.82, 2.24) is 4.90 Å². The normalized spacial score (nSPS) is 18.3. The van der Waals surface area contributed by atoms with E-state index in [1.54, 1.807) is 4.90 Å². The van der Waals surface area contributed by atoms with Crippen LogP contribution in [0.5, 0.6) is 5.75 Å². The Balaban J connectivity index is 1.92. The Morgan fingerprint density at radius 1 is 1.33 bits per heavy atom. The highest BCUT2D eigenvalue weighted by molar-refractivity contribution is 5.80. The molecule has 5 heteroatoms. The topological polar surface area (TPSA) is 66.8 Å². The Labute approximate surface area is 124 Å². The number of hydrogen-bond donors (Lipinski definition) is 1. The second-order valence-corrected chi connectivity index (χ2v) is 5.27. The maximum atomic E-state index is 12.2. The Hall–Kier alpha value is -2.04. The number of rotatable bonds is 5. The number of ether oxygens (including phenoxy) is 1. The lowest BCUT2D eigenvalue weighted by molar-refractivity contribution is -0.145. The van der Waals surface area contributed by atoms with Crippen LogP contribution >= 0.6 is 0 Å². The van der Waals surface area contributed by atoms with Crippen molar-refractivity contribution < 1.29 is 19.4 Å². The molecular formula is C16H21NO4. The van der Waals surface area contributed by atoms with Crippen molar-refractivity contribution in [2.45, 2.75) is 26.2 Å². The fourth-order valence-corrected chi connectivity index (χ4v) is 2.56. The molecule has 0 aromatic heterocycles. The summed E-state index contributed by atoms with van der Waals surface area (Å²) in [5, 5.41) is 9.06. The summed E-state index contributed by atoms with van der Waals surface area (Å²) in [6.07, 6.45) is 1.72. The van der Waals surface area contributed by atoms with Gasteiger partial charge in [-0.05, 0) is 37.5 Å². The van der Waals surface area contributed by atoms with Gasteiger partial charge in [0.25, 0.3) is 0 Å². The van der Waals surface area contributed by atoms with Gasteiger partial charge in [-0.3, -0.25) is 9.59 Å². The molecule has 1 aliphatic rings. The van der Waals surface area contributed by atoms with Gasteiger partial charge in [-0.1, -0.05) is 12.1 Å². The van der Waals surface area contributed by atoms with E-state index in [1.165, 1.54) is 0 Å². The standard InChI is InChI=1S/C16H21NO4/c1-2-21-14-7-5-12(6-8-14)10-15(18)17-9-3-4-13(11-17)16(19)20/h5-8,13H,2-4,9-11H2,1H3,(H,19,20)/t13-/m1/s1. The molecule has 0 saturated carbocycles. The van der Waals surface area contributed by atoms with E-state index in [1.807, 2.05) is 31.2 Å². The van der Waals surface area contributed by atoms with Crippen LogP contribution in [-0.4, -0.2) is 41.6 Å². The molecule has 1 saturated heterocycles. The maximum Gasteiger partial charge on any atom is 0.308 e. The largest absolute Gasteiger partial charge is 0.494 e. The second kappa shape index (κ2) is 7.11. The average Bonchev–Trinajstić information content (AvgIpc) is 2.49. The first kappa shape index (κ1) is 15.4. The SMILES string of the molecule is CCOc1ccc(CC(=O)N2CCC[C@@H](C(=O)O)C2)cc1. The number of carbonyl (C=O) groups is 2. The zero-order chi connectivity index (χ0) is 15.2. The molecule has 1 amide bonds. The lowest BCUT2D eigenvalue weighted by Gasteiger charge is -2.30. The Morgan fingerprint density at radius 2 is 2.05 bits per heavy atom. The van der Waals surface area contributed by atoms with Crippen LogP contribution < -0.4 is 4.74 Å². The van der Waals surface area contributed by atoms with Crippen molar-refractivity contribution in [2.75, 3.05) is 19.7 Å². The zero-order valence-electron chi connectivity index (χ0n) is 12.2. The van der Waals surface area contributed by atoms with Crippen LogP contribution in [0.25, 0.3) is 0 Å². The number of amides is 1. The minimum absolute atomic E-state index is 0.00916. The number of carbonyl (C=O) groups excluding carboxylic acids is 1. The molecule has 1 N–H and O–H groups in total. The van der Waals surface area contributed by atoms with Crippen molar-refractivity contribution >= 4 is 11.9 Å². The Bertz CT molecular complexity index is 498. The average molecular weight is 291 g/mol. The highest BCUT2D eigenvalue weighted by Gasteiger charge is 2.27. The van der Waals surface area contributed by atoms with Crippen LogP contribution in [0.2, 0.25) is 0 Å². The third-order valence-electron chi connectivity index (χ3n) is 3.71. The molecule has 2 rings (SSSR count). The maximum absolute atomic E-state index is 12.2. The van der Waals surface area contributed by atoms with Crippen molar-refractivity contribution in [3.63, 3.8) is 0 Å². The van der Waals surface area contributed by atoms with E-state index in [9.17, 15) is 9.59 Å². The molecule has 1 aliphatic heterocycles. The first-order valence-corrected chi connectivity index (χ1v) is 7.32. The fourth-order valence-electron chi connectivity index (χ4n) is 2.56. The van der Waals surface area contributed by atoms with Gasteiger partial charge in [0.2, 0.25) is 5.91 Å². The minimum Gasteiger partial charge on any atom is -0.494 e. The van der Waals surface area contributed by atoms with Crippen molar-refractivity contribution in [2.24, 2.45) is 5.92 Å². The highest BCUT2D eigenvalue weighted by Crippen LogP contribution is 2.18. The Morgan fingerprint density at radius 3 is 2.67 bits per heavy atom. The van der Waals surface area contributed by atoms with Gasteiger partial charge >= 0.3 is 5.97 Å². The van der Waals surface area contributed by atoms with Gasteiger partial charge in [-0.25, -0.2) is 0 Å². The summed E-state index contributed by atoms with van der Waals surface area (Å²) >= 11 is 0. The molecule has 1 heterocycles. The van der Waals surface area contributed by atoms with E-state index in [0.717, 1.165) is 17.7 Å². The summed E-state index contributed by atoms with van der Waals surface area (Å²) in [6.45, 7) is 3.51. The molecule has 1 fully saturated rings. The van der Waals surface area contributed by atoms with Crippen molar-refractivity contribution in [3.05, 3.63) is 29.8 Å². The molecule has 0 radical (unpaired) electrons. The van der Waals surface area contributed by atoms with Gasteiger partial charge in [-0.2, -0.15) is 0 Å². The molecule has 21 heavy (non-hydrogen) atoms. The number of aliphatic carboxylic acids is 1. The van der Waals surface area contributed by atoms with E-state index in [4.69, 9.17) is 9.84 Å². The molecule has 1 atom stereocenters. The number of piperidine rings is 1. The van der Waals surface area contributed by atoms with Crippen LogP contribution in [-0.2, 0) is 16.0 Å². The summed E-state index contributed by atoms with van der Waals surface area (Å²) in [5.74, 6) is -0.459. The summed E-state index contributed by atoms with van der Waals surface area (Å²) in [5.41, 5.74) is 0.918. The first-order chi connectivity index (χ1) is 10.1. The van der Waals surface area contributed by atoms with E-state index in [0.29, 0.717) is 32.5 Å². The predicted molar refractivity (Wildman–Crippen MR) is 78.3 cm³/mol.